The van der Waals surface area contributed by atoms with Crippen molar-refractivity contribution in [2.75, 3.05) is 11.5 Å². The third-order valence-corrected chi connectivity index (χ3v) is 2.25. The van der Waals surface area contributed by atoms with Gasteiger partial charge in [0.05, 0.1) is 22.4 Å². The van der Waals surface area contributed by atoms with Crippen LogP contribution in [0.4, 0.5) is 21.6 Å². The molecule has 92 valence electrons. The Kier molecular flexibility index (Phi) is 2.76. The highest BCUT2D eigenvalue weighted by Crippen LogP contribution is 2.25. The van der Waals surface area contributed by atoms with Gasteiger partial charge in [0.15, 0.2) is 11.6 Å². The maximum atomic E-state index is 13.6. The Morgan fingerprint density at radius 3 is 2.67 bits per heavy atom. The molecule has 1 aromatic heterocycles. The molecule has 0 aliphatic rings. The lowest BCUT2D eigenvalue weighted by Crippen LogP contribution is -2.02. The Balaban J connectivity index is 2.58. The van der Waals surface area contributed by atoms with Crippen molar-refractivity contribution in [2.45, 2.75) is 0 Å². The first kappa shape index (κ1) is 11.7. The summed E-state index contributed by atoms with van der Waals surface area (Å²) in [6, 6.07) is 3.07. The zero-order chi connectivity index (χ0) is 13.3. The Morgan fingerprint density at radius 1 is 1.33 bits per heavy atom. The molecule has 0 saturated heterocycles. The van der Waals surface area contributed by atoms with E-state index in [1.165, 1.54) is 6.20 Å². The van der Waals surface area contributed by atoms with Gasteiger partial charge in [0, 0.05) is 12.1 Å². The summed E-state index contributed by atoms with van der Waals surface area (Å²) in [6.45, 7) is 0. The molecule has 0 atom stereocenters. The quantitative estimate of drug-likeness (QED) is 0.612. The van der Waals surface area contributed by atoms with Gasteiger partial charge in [-0.2, -0.15) is 0 Å². The predicted molar refractivity (Wildman–Crippen MR) is 62.9 cm³/mol. The lowest BCUT2D eigenvalue weighted by atomic mass is 10.1. The molecule has 0 bridgehead atoms. The number of nitro groups is 1. The molecule has 0 aliphatic carbocycles. The molecule has 0 aliphatic heterocycles. The van der Waals surface area contributed by atoms with Gasteiger partial charge in [-0.15, -0.1) is 0 Å². The lowest BCUT2D eigenvalue weighted by Gasteiger charge is -2.04. The molecule has 0 radical (unpaired) electrons. The summed E-state index contributed by atoms with van der Waals surface area (Å²) in [4.78, 5) is 17.6. The van der Waals surface area contributed by atoms with E-state index in [9.17, 15) is 14.5 Å². The van der Waals surface area contributed by atoms with Crippen LogP contribution in [0.2, 0.25) is 0 Å². The van der Waals surface area contributed by atoms with Crippen LogP contribution in [0.3, 0.4) is 0 Å². The number of rotatable bonds is 2. The number of non-ortho nitro benzene ring substituents is 1. The number of nitrogens with two attached hydrogens (primary N) is 2. The highest BCUT2D eigenvalue weighted by atomic mass is 19.1. The van der Waals surface area contributed by atoms with Crippen molar-refractivity contribution in [1.29, 1.82) is 0 Å². The van der Waals surface area contributed by atoms with Gasteiger partial charge in [-0.25, -0.2) is 14.4 Å². The SMILES string of the molecule is Nc1cnc(-c2cc([N+](=O)[O-])ccc2F)nc1N. The van der Waals surface area contributed by atoms with Gasteiger partial charge in [-0.1, -0.05) is 0 Å². The van der Waals surface area contributed by atoms with E-state index in [0.717, 1.165) is 18.2 Å². The maximum Gasteiger partial charge on any atom is 0.270 e. The average Bonchev–Trinajstić information content (AvgIpc) is 2.33. The van der Waals surface area contributed by atoms with E-state index < -0.39 is 10.7 Å². The van der Waals surface area contributed by atoms with Crippen LogP contribution in [0.25, 0.3) is 11.4 Å². The van der Waals surface area contributed by atoms with Crippen molar-refractivity contribution in [2.24, 2.45) is 0 Å². The average molecular weight is 249 g/mol. The molecule has 2 rings (SSSR count). The van der Waals surface area contributed by atoms with Gasteiger partial charge in [0.2, 0.25) is 0 Å². The van der Waals surface area contributed by atoms with E-state index in [0.29, 0.717) is 0 Å². The standard InChI is InChI=1S/C10H8FN5O2/c11-7-2-1-5(16(17)18)3-6(7)10-14-4-8(12)9(13)15-10/h1-4H,12H2,(H2,13,14,15). The highest BCUT2D eigenvalue weighted by Gasteiger charge is 2.15. The summed E-state index contributed by atoms with van der Waals surface area (Å²) < 4.78 is 13.6. The zero-order valence-corrected chi connectivity index (χ0v) is 9.00. The van der Waals surface area contributed by atoms with Gasteiger partial charge >= 0.3 is 0 Å². The summed E-state index contributed by atoms with van der Waals surface area (Å²) in [6.07, 6.45) is 1.22. The fourth-order valence-corrected chi connectivity index (χ4v) is 1.33. The van der Waals surface area contributed by atoms with Crippen molar-refractivity contribution >= 4 is 17.2 Å². The molecule has 0 saturated carbocycles. The summed E-state index contributed by atoms with van der Waals surface area (Å²) in [5, 5.41) is 10.6. The minimum absolute atomic E-state index is 0.00842. The minimum atomic E-state index is -0.676. The maximum absolute atomic E-state index is 13.6. The van der Waals surface area contributed by atoms with Crippen LogP contribution in [-0.2, 0) is 0 Å². The molecular formula is C10H8FN5O2. The molecule has 7 nitrogen and oxygen atoms in total. The number of nitrogens with zero attached hydrogens (tertiary/aromatic N) is 3. The van der Waals surface area contributed by atoms with Gasteiger partial charge < -0.3 is 11.5 Å². The first-order valence-electron chi connectivity index (χ1n) is 4.81. The fourth-order valence-electron chi connectivity index (χ4n) is 1.33. The van der Waals surface area contributed by atoms with Crippen molar-refractivity contribution in [1.82, 2.24) is 9.97 Å². The van der Waals surface area contributed by atoms with E-state index in [4.69, 9.17) is 11.5 Å². The third kappa shape index (κ3) is 2.03. The molecule has 1 aromatic carbocycles. The Morgan fingerprint density at radius 2 is 2.06 bits per heavy atom. The summed E-state index contributed by atoms with van der Waals surface area (Å²) in [5.74, 6) is -0.737. The van der Waals surface area contributed by atoms with E-state index in [2.05, 4.69) is 9.97 Å². The van der Waals surface area contributed by atoms with Crippen molar-refractivity contribution in [3.05, 3.63) is 40.3 Å². The predicted octanol–water partition coefficient (Wildman–Crippen LogP) is 1.36. The first-order valence-corrected chi connectivity index (χ1v) is 4.81. The van der Waals surface area contributed by atoms with Crippen molar-refractivity contribution in [3.8, 4) is 11.4 Å². The van der Waals surface area contributed by atoms with Crippen LogP contribution < -0.4 is 11.5 Å². The summed E-state index contributed by atoms with van der Waals surface area (Å²) in [5.41, 5.74) is 10.7. The van der Waals surface area contributed by atoms with E-state index in [1.54, 1.807) is 0 Å². The third-order valence-electron chi connectivity index (χ3n) is 2.25. The molecule has 8 heteroatoms. The van der Waals surface area contributed by atoms with Crippen molar-refractivity contribution < 1.29 is 9.31 Å². The summed E-state index contributed by atoms with van der Waals surface area (Å²) in [7, 11) is 0. The van der Waals surface area contributed by atoms with Gasteiger partial charge in [-0.3, -0.25) is 10.1 Å². The molecule has 1 heterocycles. The van der Waals surface area contributed by atoms with Crippen LogP contribution in [0.15, 0.2) is 24.4 Å². The molecule has 0 fully saturated rings. The topological polar surface area (TPSA) is 121 Å². The largest absolute Gasteiger partial charge is 0.394 e. The number of hydrogen-bond donors (Lipinski definition) is 2. The normalized spacial score (nSPS) is 10.3. The molecule has 2 aromatic rings. The van der Waals surface area contributed by atoms with Crippen LogP contribution in [0.1, 0.15) is 0 Å². The van der Waals surface area contributed by atoms with Crippen LogP contribution in [-0.4, -0.2) is 14.9 Å². The van der Waals surface area contributed by atoms with Crippen LogP contribution >= 0.6 is 0 Å². The molecule has 0 amide bonds. The second kappa shape index (κ2) is 4.24. The zero-order valence-electron chi connectivity index (χ0n) is 9.00. The highest BCUT2D eigenvalue weighted by molar-refractivity contribution is 5.65. The second-order valence-electron chi connectivity index (χ2n) is 3.46. The number of halogens is 1. The molecule has 0 spiro atoms. The number of nitro benzene ring substituents is 1. The second-order valence-corrected chi connectivity index (χ2v) is 3.46. The molecule has 4 N–H and O–H groups in total. The van der Waals surface area contributed by atoms with Crippen molar-refractivity contribution in [3.63, 3.8) is 0 Å². The Bertz CT molecular complexity index is 632. The molecule has 0 unspecified atom stereocenters. The van der Waals surface area contributed by atoms with Gasteiger partial charge in [-0.05, 0) is 6.07 Å². The van der Waals surface area contributed by atoms with Gasteiger partial charge in [0.1, 0.15) is 5.82 Å². The number of hydrogen-bond acceptors (Lipinski definition) is 6. The van der Waals surface area contributed by atoms with E-state index >= 15 is 0 Å². The Labute approximate surface area is 100 Å². The Hall–Kier alpha value is -2.77. The van der Waals surface area contributed by atoms with Crippen LogP contribution in [0.5, 0.6) is 0 Å². The first-order chi connectivity index (χ1) is 8.49. The molecular weight excluding hydrogens is 241 g/mol. The minimum Gasteiger partial charge on any atom is -0.394 e. The number of aromatic nitrogens is 2. The fraction of sp³-hybridized carbons (Fsp3) is 0. The van der Waals surface area contributed by atoms with Gasteiger partial charge in [0.25, 0.3) is 5.69 Å². The number of anilines is 2. The molecule has 18 heavy (non-hydrogen) atoms. The number of nitrogen functional groups attached to an aromatic ring is 2. The van der Waals surface area contributed by atoms with E-state index in [-0.39, 0.29) is 28.6 Å². The lowest BCUT2D eigenvalue weighted by molar-refractivity contribution is -0.384. The van der Waals surface area contributed by atoms with Crippen LogP contribution in [0, 0.1) is 15.9 Å². The monoisotopic (exact) mass is 249 g/mol. The number of benzene rings is 1. The summed E-state index contributed by atoms with van der Waals surface area (Å²) >= 11 is 0. The van der Waals surface area contributed by atoms with E-state index in [1.807, 2.05) is 0 Å². The smallest absolute Gasteiger partial charge is 0.270 e.